The van der Waals surface area contributed by atoms with Gasteiger partial charge in [0.1, 0.15) is 22.8 Å². The lowest BCUT2D eigenvalue weighted by Crippen LogP contribution is -2.36. The van der Waals surface area contributed by atoms with Crippen molar-refractivity contribution in [1.29, 1.82) is 0 Å². The number of nitrogens with one attached hydrogen (secondary N) is 1. The fourth-order valence-corrected chi connectivity index (χ4v) is 6.51. The molecule has 0 radical (unpaired) electrons. The Morgan fingerprint density at radius 2 is 1.04 bits per heavy atom. The van der Waals surface area contributed by atoms with E-state index in [1.54, 1.807) is 0 Å². The van der Waals surface area contributed by atoms with Crippen LogP contribution in [0.3, 0.4) is 0 Å². The molecule has 0 saturated heterocycles. The van der Waals surface area contributed by atoms with Crippen molar-refractivity contribution in [2.75, 3.05) is 0 Å². The molecule has 0 bridgehead atoms. The lowest BCUT2D eigenvalue weighted by atomic mass is 9.96. The maximum atomic E-state index is 6.45. The van der Waals surface area contributed by atoms with Crippen LogP contribution < -0.4 is 5.32 Å². The number of benzene rings is 7. The van der Waals surface area contributed by atoms with Gasteiger partial charge in [-0.25, -0.2) is 9.98 Å². The van der Waals surface area contributed by atoms with Crippen molar-refractivity contribution in [3.63, 3.8) is 0 Å². The van der Waals surface area contributed by atoms with E-state index in [-0.39, 0.29) is 0 Å². The van der Waals surface area contributed by atoms with Crippen LogP contribution in [-0.2, 0) is 0 Å². The summed E-state index contributed by atoms with van der Waals surface area (Å²) in [5.74, 6) is 1.56. The molecule has 1 aliphatic rings. The highest BCUT2D eigenvalue weighted by molar-refractivity contribution is 6.25. The zero-order chi connectivity index (χ0) is 29.7. The highest BCUT2D eigenvalue weighted by Crippen LogP contribution is 2.39. The molecule has 4 nitrogen and oxygen atoms in total. The number of amidine groups is 2. The molecule has 45 heavy (non-hydrogen) atoms. The van der Waals surface area contributed by atoms with E-state index in [1.165, 1.54) is 21.5 Å². The fourth-order valence-electron chi connectivity index (χ4n) is 6.51. The molecule has 0 saturated carbocycles. The molecular formula is C41H27N3O. The number of rotatable bonds is 4. The van der Waals surface area contributed by atoms with E-state index < -0.39 is 6.17 Å². The molecule has 0 amide bonds. The summed E-state index contributed by atoms with van der Waals surface area (Å²) in [6.45, 7) is 0. The van der Waals surface area contributed by atoms with Crippen molar-refractivity contribution < 1.29 is 4.42 Å². The minimum Gasteiger partial charge on any atom is -0.456 e. The minimum atomic E-state index is -0.422. The largest absolute Gasteiger partial charge is 0.456 e. The van der Waals surface area contributed by atoms with Gasteiger partial charge in [-0.2, -0.15) is 0 Å². The average molecular weight is 578 g/mol. The molecule has 0 fully saturated rings. The molecule has 1 N–H and O–H groups in total. The standard InChI is InChI=1S/C41H27N3O/c1-2-12-28(13-3-1)33-16-8-18-35-37(33)38-34(17-9-19-36(38)45-35)41-43-39(31-22-20-26-10-4-6-14-29(26)24-31)42-40(44-41)32-23-21-27-11-5-7-15-30(27)25-32/h1-25,39H,(H,42,43,44). The Hall–Kier alpha value is -6.00. The normalized spacial score (nSPS) is 14.9. The van der Waals surface area contributed by atoms with Crippen LogP contribution in [0, 0.1) is 0 Å². The van der Waals surface area contributed by atoms with Crippen LogP contribution >= 0.6 is 0 Å². The summed E-state index contributed by atoms with van der Waals surface area (Å²) in [5.41, 5.74) is 6.99. The van der Waals surface area contributed by atoms with Gasteiger partial charge in [-0.15, -0.1) is 0 Å². The van der Waals surface area contributed by atoms with Gasteiger partial charge in [-0.3, -0.25) is 0 Å². The molecule has 0 aliphatic carbocycles. The van der Waals surface area contributed by atoms with E-state index in [1.807, 2.05) is 24.3 Å². The topological polar surface area (TPSA) is 49.9 Å². The molecule has 1 atom stereocenters. The van der Waals surface area contributed by atoms with Gasteiger partial charge in [-0.1, -0.05) is 127 Å². The molecule has 212 valence electrons. The van der Waals surface area contributed by atoms with E-state index in [0.717, 1.165) is 61.4 Å². The SMILES string of the molecule is c1ccc(-c2cccc3oc4cccc(C5=NC(c6ccc7ccccc7c6)N=C(c6ccc7ccccc7c6)N5)c4c23)cc1. The highest BCUT2D eigenvalue weighted by Gasteiger charge is 2.24. The van der Waals surface area contributed by atoms with E-state index in [0.29, 0.717) is 0 Å². The minimum absolute atomic E-state index is 0.422. The smallest absolute Gasteiger partial charge is 0.169 e. The number of hydrogen-bond acceptors (Lipinski definition) is 4. The number of nitrogens with zero attached hydrogens (tertiary/aromatic N) is 2. The van der Waals surface area contributed by atoms with E-state index >= 15 is 0 Å². The third-order valence-corrected chi connectivity index (χ3v) is 8.70. The molecule has 4 heteroatoms. The van der Waals surface area contributed by atoms with Crippen molar-refractivity contribution >= 4 is 55.2 Å². The summed E-state index contributed by atoms with van der Waals surface area (Å²) in [7, 11) is 0. The fraction of sp³-hybridized carbons (Fsp3) is 0.0244. The van der Waals surface area contributed by atoms with Gasteiger partial charge in [0.05, 0.1) is 0 Å². The van der Waals surface area contributed by atoms with Crippen molar-refractivity contribution in [1.82, 2.24) is 5.32 Å². The summed E-state index contributed by atoms with van der Waals surface area (Å²) >= 11 is 0. The van der Waals surface area contributed by atoms with Gasteiger partial charge in [0.2, 0.25) is 0 Å². The second-order valence-corrected chi connectivity index (χ2v) is 11.4. The Morgan fingerprint density at radius 3 is 1.80 bits per heavy atom. The quantitative estimate of drug-likeness (QED) is 0.226. The number of hydrogen-bond donors (Lipinski definition) is 1. The summed E-state index contributed by atoms with van der Waals surface area (Å²) in [5, 5.41) is 10.5. The zero-order valence-corrected chi connectivity index (χ0v) is 24.3. The monoisotopic (exact) mass is 577 g/mol. The first-order valence-electron chi connectivity index (χ1n) is 15.2. The zero-order valence-electron chi connectivity index (χ0n) is 24.3. The summed E-state index contributed by atoms with van der Waals surface area (Å²) in [6.07, 6.45) is -0.422. The molecule has 1 aliphatic heterocycles. The Balaban J connectivity index is 1.26. The van der Waals surface area contributed by atoms with Gasteiger partial charge in [-0.05, 0) is 62.5 Å². The van der Waals surface area contributed by atoms with Crippen molar-refractivity contribution in [3.8, 4) is 11.1 Å². The maximum absolute atomic E-state index is 6.45. The Kier molecular flexibility index (Phi) is 5.85. The van der Waals surface area contributed by atoms with Crippen LogP contribution in [-0.4, -0.2) is 11.7 Å². The third kappa shape index (κ3) is 4.38. The maximum Gasteiger partial charge on any atom is 0.169 e. The van der Waals surface area contributed by atoms with Crippen LogP contribution in [0.1, 0.15) is 22.9 Å². The molecule has 7 aromatic carbocycles. The van der Waals surface area contributed by atoms with Crippen LogP contribution in [0.15, 0.2) is 166 Å². The van der Waals surface area contributed by atoms with Crippen LogP contribution in [0.4, 0.5) is 0 Å². The van der Waals surface area contributed by atoms with Crippen molar-refractivity contribution in [3.05, 3.63) is 168 Å². The van der Waals surface area contributed by atoms with Gasteiger partial charge in [0.25, 0.3) is 0 Å². The van der Waals surface area contributed by atoms with Crippen molar-refractivity contribution in [2.24, 2.45) is 9.98 Å². The Bertz CT molecular complexity index is 2470. The molecule has 9 rings (SSSR count). The van der Waals surface area contributed by atoms with E-state index in [9.17, 15) is 0 Å². The van der Waals surface area contributed by atoms with E-state index in [2.05, 4.69) is 133 Å². The van der Waals surface area contributed by atoms with Crippen LogP contribution in [0.25, 0.3) is 54.6 Å². The number of fused-ring (bicyclic) bond motifs is 5. The molecule has 1 aromatic heterocycles. The predicted octanol–water partition coefficient (Wildman–Crippen LogP) is 10.1. The second-order valence-electron chi connectivity index (χ2n) is 11.4. The number of aliphatic imine (C=N–C) groups is 2. The molecular weight excluding hydrogens is 550 g/mol. The first-order chi connectivity index (χ1) is 22.3. The lowest BCUT2D eigenvalue weighted by Gasteiger charge is -2.23. The van der Waals surface area contributed by atoms with Gasteiger partial charge >= 0.3 is 0 Å². The highest BCUT2D eigenvalue weighted by atomic mass is 16.3. The Morgan fingerprint density at radius 1 is 0.444 bits per heavy atom. The van der Waals surface area contributed by atoms with Gasteiger partial charge in [0, 0.05) is 21.9 Å². The lowest BCUT2D eigenvalue weighted by molar-refractivity contribution is 0.669. The Labute approximate surface area is 260 Å². The third-order valence-electron chi connectivity index (χ3n) is 8.70. The van der Waals surface area contributed by atoms with Crippen LogP contribution in [0.2, 0.25) is 0 Å². The molecule has 2 heterocycles. The molecule has 1 unspecified atom stereocenters. The first kappa shape index (κ1) is 25.5. The summed E-state index contributed by atoms with van der Waals surface area (Å²) < 4.78 is 6.45. The number of furan rings is 1. The summed E-state index contributed by atoms with van der Waals surface area (Å²) in [4.78, 5) is 10.5. The second kappa shape index (κ2) is 10.3. The van der Waals surface area contributed by atoms with Crippen molar-refractivity contribution in [2.45, 2.75) is 6.17 Å². The summed E-state index contributed by atoms with van der Waals surface area (Å²) in [6, 6.07) is 52.8. The van der Waals surface area contributed by atoms with Crippen LogP contribution in [0.5, 0.6) is 0 Å². The average Bonchev–Trinajstić information content (AvgIpc) is 3.51. The molecule has 0 spiro atoms. The van der Waals surface area contributed by atoms with E-state index in [4.69, 9.17) is 14.4 Å². The first-order valence-corrected chi connectivity index (χ1v) is 15.2. The molecule has 8 aromatic rings. The van der Waals surface area contributed by atoms with Gasteiger partial charge in [0.15, 0.2) is 6.17 Å². The van der Waals surface area contributed by atoms with Gasteiger partial charge < -0.3 is 9.73 Å². The predicted molar refractivity (Wildman–Crippen MR) is 186 cm³/mol.